The van der Waals surface area contributed by atoms with Crippen molar-refractivity contribution in [2.75, 3.05) is 6.61 Å². The van der Waals surface area contributed by atoms with Gasteiger partial charge in [-0.2, -0.15) is 5.10 Å². The number of ether oxygens (including phenoxy) is 1. The van der Waals surface area contributed by atoms with Crippen LogP contribution in [0, 0.1) is 0 Å². The van der Waals surface area contributed by atoms with Gasteiger partial charge in [0.25, 0.3) is 0 Å². The van der Waals surface area contributed by atoms with E-state index in [1.165, 1.54) is 0 Å². The molecular weight excluding hydrogens is 264 g/mol. The minimum atomic E-state index is 0.261. The Hall–Kier alpha value is -1.68. The van der Waals surface area contributed by atoms with Gasteiger partial charge in [0.15, 0.2) is 0 Å². The number of benzene rings is 1. The number of carbonyl (C=O) groups is 1. The smallest absolute Gasteiger partial charge is 0.139 e. The highest BCUT2D eigenvalue weighted by Crippen LogP contribution is 2.21. The predicted octanol–water partition coefficient (Wildman–Crippen LogP) is 3.13. The number of fused-ring (bicyclic) bond motifs is 1. The maximum atomic E-state index is 12.2. The zero-order valence-electron chi connectivity index (χ0n) is 12.5. The third kappa shape index (κ3) is 3.16. The Balaban J connectivity index is 1.67. The van der Waals surface area contributed by atoms with E-state index in [2.05, 4.69) is 24.2 Å². The van der Waals surface area contributed by atoms with Gasteiger partial charge in [0.1, 0.15) is 5.78 Å². The average molecular weight is 286 g/mol. The summed E-state index contributed by atoms with van der Waals surface area (Å²) in [6.45, 7) is 3.75. The molecule has 0 N–H and O–H groups in total. The minimum Gasteiger partial charge on any atom is -0.378 e. The summed E-state index contributed by atoms with van der Waals surface area (Å²) in [5, 5.41) is 5.69. The molecular formula is C17H22N2O2. The standard InChI is InChI=1S/C17H22N2O2/c1-2-19-17-8-4-3-7-15(17)16(18-19)12-13(20)9-10-14-6-5-11-21-14/h3-4,7-8,14H,2,5-6,9-12H2,1H3. The second-order valence-corrected chi connectivity index (χ2v) is 5.67. The van der Waals surface area contributed by atoms with Gasteiger partial charge in [0, 0.05) is 25.0 Å². The van der Waals surface area contributed by atoms with Crippen LogP contribution < -0.4 is 0 Å². The number of hydrogen-bond donors (Lipinski definition) is 0. The van der Waals surface area contributed by atoms with Gasteiger partial charge in [-0.3, -0.25) is 9.48 Å². The lowest BCUT2D eigenvalue weighted by Gasteiger charge is -2.07. The highest BCUT2D eigenvalue weighted by atomic mass is 16.5. The predicted molar refractivity (Wildman–Crippen MR) is 82.3 cm³/mol. The van der Waals surface area contributed by atoms with Crippen molar-refractivity contribution in [3.05, 3.63) is 30.0 Å². The van der Waals surface area contributed by atoms with Crippen LogP contribution in [0.2, 0.25) is 0 Å². The van der Waals surface area contributed by atoms with E-state index in [9.17, 15) is 4.79 Å². The molecule has 1 aliphatic heterocycles. The lowest BCUT2D eigenvalue weighted by atomic mass is 10.0. The van der Waals surface area contributed by atoms with E-state index in [0.29, 0.717) is 18.9 Å². The number of aromatic nitrogens is 2. The van der Waals surface area contributed by atoms with Crippen molar-refractivity contribution in [1.29, 1.82) is 0 Å². The Morgan fingerprint density at radius 3 is 3.05 bits per heavy atom. The zero-order chi connectivity index (χ0) is 14.7. The summed E-state index contributed by atoms with van der Waals surface area (Å²) in [7, 11) is 0. The number of aryl methyl sites for hydroxylation is 1. The van der Waals surface area contributed by atoms with Crippen molar-refractivity contribution < 1.29 is 9.53 Å². The largest absolute Gasteiger partial charge is 0.378 e. The molecule has 1 unspecified atom stereocenters. The third-order valence-electron chi connectivity index (χ3n) is 4.17. The van der Waals surface area contributed by atoms with E-state index in [-0.39, 0.29) is 5.78 Å². The number of Topliss-reactive ketones (excluding diaryl/α,β-unsaturated/α-hetero) is 1. The summed E-state index contributed by atoms with van der Waals surface area (Å²) < 4.78 is 7.54. The summed E-state index contributed by atoms with van der Waals surface area (Å²) in [5.41, 5.74) is 2.02. The molecule has 2 heterocycles. The summed E-state index contributed by atoms with van der Waals surface area (Å²) in [6.07, 6.45) is 4.40. The first-order valence-electron chi connectivity index (χ1n) is 7.85. The molecule has 0 radical (unpaired) electrons. The Morgan fingerprint density at radius 2 is 2.29 bits per heavy atom. The SMILES string of the molecule is CCn1nc(CC(=O)CCC2CCCO2)c2ccccc21. The molecule has 0 bridgehead atoms. The maximum Gasteiger partial charge on any atom is 0.139 e. The first kappa shape index (κ1) is 14.3. The van der Waals surface area contributed by atoms with Crippen LogP contribution in [0.25, 0.3) is 10.9 Å². The van der Waals surface area contributed by atoms with E-state index in [0.717, 1.165) is 49.0 Å². The molecule has 1 atom stereocenters. The van der Waals surface area contributed by atoms with Crippen LogP contribution in [0.3, 0.4) is 0 Å². The average Bonchev–Trinajstić information content (AvgIpc) is 3.13. The van der Waals surface area contributed by atoms with E-state index in [1.807, 2.05) is 16.8 Å². The Kier molecular flexibility index (Phi) is 4.34. The number of carbonyl (C=O) groups excluding carboxylic acids is 1. The van der Waals surface area contributed by atoms with Gasteiger partial charge in [0.2, 0.25) is 0 Å². The fraction of sp³-hybridized carbons (Fsp3) is 0.529. The van der Waals surface area contributed by atoms with Crippen LogP contribution in [0.5, 0.6) is 0 Å². The molecule has 4 heteroatoms. The number of nitrogens with zero attached hydrogens (tertiary/aromatic N) is 2. The summed E-state index contributed by atoms with van der Waals surface area (Å²) >= 11 is 0. The fourth-order valence-corrected chi connectivity index (χ4v) is 3.04. The monoisotopic (exact) mass is 286 g/mol. The molecule has 3 rings (SSSR count). The van der Waals surface area contributed by atoms with Crippen LogP contribution in [0.4, 0.5) is 0 Å². The molecule has 1 fully saturated rings. The first-order valence-corrected chi connectivity index (χ1v) is 7.85. The van der Waals surface area contributed by atoms with Gasteiger partial charge >= 0.3 is 0 Å². The molecule has 1 aromatic heterocycles. The number of rotatable bonds is 6. The molecule has 4 nitrogen and oxygen atoms in total. The van der Waals surface area contributed by atoms with Gasteiger partial charge in [-0.25, -0.2) is 0 Å². The topological polar surface area (TPSA) is 44.1 Å². The highest BCUT2D eigenvalue weighted by molar-refractivity contribution is 5.88. The summed E-state index contributed by atoms with van der Waals surface area (Å²) in [4.78, 5) is 12.2. The van der Waals surface area contributed by atoms with Gasteiger partial charge in [-0.1, -0.05) is 18.2 Å². The molecule has 0 saturated carbocycles. The quantitative estimate of drug-likeness (QED) is 0.819. The lowest BCUT2D eigenvalue weighted by molar-refractivity contribution is -0.119. The van der Waals surface area contributed by atoms with Gasteiger partial charge in [0.05, 0.1) is 23.7 Å². The van der Waals surface area contributed by atoms with Crippen molar-refractivity contribution >= 4 is 16.7 Å². The van der Waals surface area contributed by atoms with Crippen LogP contribution in [0.15, 0.2) is 24.3 Å². The van der Waals surface area contributed by atoms with Crippen molar-refractivity contribution in [2.24, 2.45) is 0 Å². The molecule has 1 saturated heterocycles. The molecule has 1 aromatic carbocycles. The van der Waals surface area contributed by atoms with Crippen molar-refractivity contribution in [1.82, 2.24) is 9.78 Å². The lowest BCUT2D eigenvalue weighted by Crippen LogP contribution is -2.10. The number of ketones is 1. The minimum absolute atomic E-state index is 0.261. The second kappa shape index (κ2) is 6.39. The van der Waals surface area contributed by atoms with E-state index < -0.39 is 0 Å². The molecule has 0 amide bonds. The molecule has 21 heavy (non-hydrogen) atoms. The van der Waals surface area contributed by atoms with Crippen molar-refractivity contribution in [3.63, 3.8) is 0 Å². The highest BCUT2D eigenvalue weighted by Gasteiger charge is 2.18. The Morgan fingerprint density at radius 1 is 1.43 bits per heavy atom. The summed E-state index contributed by atoms with van der Waals surface area (Å²) in [5.74, 6) is 0.261. The van der Waals surface area contributed by atoms with E-state index in [4.69, 9.17) is 4.74 Å². The van der Waals surface area contributed by atoms with Gasteiger partial charge in [-0.15, -0.1) is 0 Å². The van der Waals surface area contributed by atoms with Gasteiger partial charge in [-0.05, 0) is 32.3 Å². The summed E-state index contributed by atoms with van der Waals surface area (Å²) in [6, 6.07) is 8.13. The normalized spacial score (nSPS) is 18.4. The number of para-hydroxylation sites is 1. The van der Waals surface area contributed by atoms with Crippen LogP contribution >= 0.6 is 0 Å². The molecule has 1 aliphatic rings. The number of hydrogen-bond acceptors (Lipinski definition) is 3. The fourth-order valence-electron chi connectivity index (χ4n) is 3.04. The molecule has 2 aromatic rings. The van der Waals surface area contributed by atoms with E-state index >= 15 is 0 Å². The molecule has 112 valence electrons. The molecule has 0 spiro atoms. The molecule has 0 aliphatic carbocycles. The van der Waals surface area contributed by atoms with Crippen molar-refractivity contribution in [2.45, 2.75) is 51.7 Å². The Bertz CT molecular complexity index is 627. The Labute approximate surface area is 125 Å². The zero-order valence-corrected chi connectivity index (χ0v) is 12.5. The first-order chi connectivity index (χ1) is 10.3. The maximum absolute atomic E-state index is 12.2. The van der Waals surface area contributed by atoms with Crippen LogP contribution in [-0.4, -0.2) is 28.3 Å². The third-order valence-corrected chi connectivity index (χ3v) is 4.17. The van der Waals surface area contributed by atoms with Crippen LogP contribution in [0.1, 0.15) is 38.3 Å². The van der Waals surface area contributed by atoms with Crippen LogP contribution in [-0.2, 0) is 22.5 Å². The van der Waals surface area contributed by atoms with Gasteiger partial charge < -0.3 is 4.74 Å². The van der Waals surface area contributed by atoms with Crippen molar-refractivity contribution in [3.8, 4) is 0 Å². The van der Waals surface area contributed by atoms with E-state index in [1.54, 1.807) is 0 Å². The second-order valence-electron chi connectivity index (χ2n) is 5.67.